The molecule has 36 heavy (non-hydrogen) atoms. The van der Waals surface area contributed by atoms with E-state index in [1.807, 2.05) is 7.05 Å². The Kier molecular flexibility index (Phi) is 10.3. The lowest BCUT2D eigenvalue weighted by molar-refractivity contribution is -0.129. The lowest BCUT2D eigenvalue weighted by Crippen LogP contribution is -2.52. The second kappa shape index (κ2) is 13.0. The van der Waals surface area contributed by atoms with E-state index in [0.29, 0.717) is 18.8 Å². The van der Waals surface area contributed by atoms with Crippen molar-refractivity contribution in [2.45, 2.75) is 94.3 Å². The highest BCUT2D eigenvalue weighted by Gasteiger charge is 2.44. The predicted molar refractivity (Wildman–Crippen MR) is 139 cm³/mol. The van der Waals surface area contributed by atoms with Gasteiger partial charge in [-0.1, -0.05) is 25.7 Å². The number of hydrogen-bond acceptors (Lipinski definition) is 6. The number of nitrogens with zero attached hydrogens (tertiary/aromatic N) is 1. The van der Waals surface area contributed by atoms with Crippen LogP contribution in [-0.4, -0.2) is 75.5 Å². The highest BCUT2D eigenvalue weighted by atomic mass is 35.5. The second-order valence-corrected chi connectivity index (χ2v) is 14.0. The molecule has 0 aromatic rings. The topological polar surface area (TPSA) is 99.8 Å². The van der Waals surface area contributed by atoms with Crippen LogP contribution in [0, 0.1) is 23.7 Å². The van der Waals surface area contributed by atoms with Gasteiger partial charge in [-0.3, -0.25) is 20.4 Å². The number of halogens is 2. The zero-order valence-corrected chi connectivity index (χ0v) is 23.0. The zero-order valence-electron chi connectivity index (χ0n) is 21.5. The number of hydrogen-bond donors (Lipinski definition) is 3. The fourth-order valence-electron chi connectivity index (χ4n) is 6.60. The molecule has 1 saturated heterocycles. The van der Waals surface area contributed by atoms with Gasteiger partial charge < -0.3 is 4.74 Å². The van der Waals surface area contributed by atoms with Crippen LogP contribution in [0.2, 0.25) is 0 Å². The third kappa shape index (κ3) is 7.99. The molecule has 3 N–H and O–H groups in total. The smallest absolute Gasteiger partial charge is 0.241 e. The Labute approximate surface area is 220 Å². The standard InChI is InChI=1S/C25H44ClFN4O4S/c1-31-13-23(28-16-31)19-11-21(24(27)22(26)12-19)25(32)29-30-36(33,34)15-18-8-5-9-20(10-18)35-14-17-6-3-2-4-7-17/h17-24,28,30H,2-16H2,1H3,(H,29,32)/t18-,19?,20-,21?,22?,23?,24?/m0/s1. The first-order valence-corrected chi connectivity index (χ1v) is 15.9. The highest BCUT2D eigenvalue weighted by molar-refractivity contribution is 7.89. The van der Waals surface area contributed by atoms with Crippen LogP contribution in [0.3, 0.4) is 0 Å². The molecule has 4 rings (SSSR count). The molecular weight excluding hydrogens is 507 g/mol. The van der Waals surface area contributed by atoms with Crippen LogP contribution in [0.15, 0.2) is 0 Å². The van der Waals surface area contributed by atoms with Gasteiger partial charge in [-0.15, -0.1) is 16.4 Å². The lowest BCUT2D eigenvalue weighted by Gasteiger charge is -2.37. The van der Waals surface area contributed by atoms with Crippen LogP contribution in [0.5, 0.6) is 0 Å². The average Bonchev–Trinajstić information content (AvgIpc) is 3.30. The van der Waals surface area contributed by atoms with Gasteiger partial charge >= 0.3 is 0 Å². The second-order valence-electron chi connectivity index (χ2n) is 11.7. The minimum Gasteiger partial charge on any atom is -0.378 e. The van der Waals surface area contributed by atoms with Crippen LogP contribution in [0.4, 0.5) is 4.39 Å². The van der Waals surface area contributed by atoms with Crippen LogP contribution in [0.25, 0.3) is 0 Å². The van der Waals surface area contributed by atoms with Crippen molar-refractivity contribution in [2.75, 3.05) is 32.6 Å². The van der Waals surface area contributed by atoms with Gasteiger partial charge in [0.2, 0.25) is 15.9 Å². The number of carbonyl (C=O) groups is 1. The molecule has 0 spiro atoms. The summed E-state index contributed by atoms with van der Waals surface area (Å²) in [7, 11) is -1.75. The van der Waals surface area contributed by atoms with Crippen molar-refractivity contribution in [3.05, 3.63) is 0 Å². The van der Waals surface area contributed by atoms with E-state index >= 15 is 0 Å². The van der Waals surface area contributed by atoms with Gasteiger partial charge in [0.1, 0.15) is 6.17 Å². The minimum absolute atomic E-state index is 0.0184. The van der Waals surface area contributed by atoms with E-state index in [4.69, 9.17) is 16.3 Å². The Balaban J connectivity index is 1.23. The van der Waals surface area contributed by atoms with Crippen molar-refractivity contribution < 1.29 is 22.3 Å². The Bertz CT molecular complexity index is 831. The molecule has 8 nitrogen and oxygen atoms in total. The number of nitrogens with one attached hydrogen (secondary N) is 3. The van der Waals surface area contributed by atoms with Gasteiger partial charge in [-0.2, -0.15) is 0 Å². The molecule has 1 aliphatic heterocycles. The van der Waals surface area contributed by atoms with Gasteiger partial charge in [0.25, 0.3) is 0 Å². The van der Waals surface area contributed by atoms with Crippen LogP contribution in [-0.2, 0) is 19.6 Å². The lowest BCUT2D eigenvalue weighted by atomic mass is 9.76. The summed E-state index contributed by atoms with van der Waals surface area (Å²) >= 11 is 6.28. The largest absolute Gasteiger partial charge is 0.378 e. The number of alkyl halides is 2. The molecule has 4 fully saturated rings. The number of hydrazine groups is 1. The van der Waals surface area contributed by atoms with Gasteiger partial charge in [0.15, 0.2) is 0 Å². The van der Waals surface area contributed by atoms with E-state index < -0.39 is 33.4 Å². The summed E-state index contributed by atoms with van der Waals surface area (Å²) in [5.41, 5.74) is 2.29. The summed E-state index contributed by atoms with van der Waals surface area (Å²) in [6, 6.07) is 0.148. The maximum Gasteiger partial charge on any atom is 0.241 e. The third-order valence-electron chi connectivity index (χ3n) is 8.66. The van der Waals surface area contributed by atoms with Crippen LogP contribution in [0.1, 0.15) is 70.6 Å². The Morgan fingerprint density at radius 2 is 1.83 bits per heavy atom. The molecule has 208 valence electrons. The SMILES string of the molecule is CN1CNC(C2CC(Cl)C(F)C(C(=O)NNS(=O)(=O)C[C@H]3CCC[C@H](OCC4CCCCC4)C3)C2)C1. The normalized spacial score (nSPS) is 37.1. The summed E-state index contributed by atoms with van der Waals surface area (Å²) in [5, 5.41) is 2.63. The van der Waals surface area contributed by atoms with Crippen molar-refractivity contribution >= 4 is 27.5 Å². The number of sulfonamides is 1. The van der Waals surface area contributed by atoms with Crippen molar-refractivity contribution in [1.29, 1.82) is 0 Å². The van der Waals surface area contributed by atoms with Crippen LogP contribution >= 0.6 is 11.6 Å². The van der Waals surface area contributed by atoms with Gasteiger partial charge in [0, 0.05) is 25.9 Å². The number of carbonyl (C=O) groups excluding carboxylic acids is 1. The number of rotatable bonds is 9. The van der Waals surface area contributed by atoms with E-state index in [-0.39, 0.29) is 29.7 Å². The first-order chi connectivity index (χ1) is 17.2. The van der Waals surface area contributed by atoms with E-state index in [2.05, 4.69) is 20.5 Å². The summed E-state index contributed by atoms with van der Waals surface area (Å²) in [6.45, 7) is 2.34. The maximum absolute atomic E-state index is 14.9. The Morgan fingerprint density at radius 1 is 1.08 bits per heavy atom. The molecule has 4 aliphatic rings. The third-order valence-corrected chi connectivity index (χ3v) is 10.4. The molecule has 5 unspecified atom stereocenters. The molecule has 11 heteroatoms. The molecule has 3 saturated carbocycles. The molecular formula is C25H44ClFN4O4S. The van der Waals surface area contributed by atoms with E-state index in [0.717, 1.165) is 45.5 Å². The monoisotopic (exact) mass is 550 g/mol. The first-order valence-electron chi connectivity index (χ1n) is 13.8. The summed E-state index contributed by atoms with van der Waals surface area (Å²) in [5.74, 6) is -1.02. The van der Waals surface area contributed by atoms with E-state index in [1.54, 1.807) is 0 Å². The molecule has 7 atom stereocenters. The van der Waals surface area contributed by atoms with Gasteiger partial charge in [-0.05, 0) is 69.7 Å². The molecule has 1 amide bonds. The molecule has 3 aliphatic carbocycles. The minimum atomic E-state index is -3.75. The van der Waals surface area contributed by atoms with Crippen molar-refractivity contribution in [3.63, 3.8) is 0 Å². The number of likely N-dealkylation sites (N-methyl/N-ethyl adjacent to an activating group) is 1. The Morgan fingerprint density at radius 3 is 2.56 bits per heavy atom. The quantitative estimate of drug-likeness (QED) is 0.301. The molecule has 0 aromatic carbocycles. The number of amides is 1. The van der Waals surface area contributed by atoms with E-state index in [9.17, 15) is 17.6 Å². The van der Waals surface area contributed by atoms with Gasteiger partial charge in [-0.25, -0.2) is 12.8 Å². The summed E-state index contributed by atoms with van der Waals surface area (Å²) in [6.07, 6.45) is 9.22. The average molecular weight is 551 g/mol. The summed E-state index contributed by atoms with van der Waals surface area (Å²) in [4.78, 5) is 17.2. The molecule has 0 aromatic heterocycles. The fourth-order valence-corrected chi connectivity index (χ4v) is 8.27. The van der Waals surface area contributed by atoms with Crippen molar-refractivity contribution in [3.8, 4) is 0 Å². The summed E-state index contributed by atoms with van der Waals surface area (Å²) < 4.78 is 46.5. The fraction of sp³-hybridized carbons (Fsp3) is 0.960. The van der Waals surface area contributed by atoms with Gasteiger partial charge in [0.05, 0.1) is 23.2 Å². The van der Waals surface area contributed by atoms with E-state index in [1.165, 1.54) is 32.1 Å². The highest BCUT2D eigenvalue weighted by Crippen LogP contribution is 2.37. The first kappa shape index (κ1) is 28.5. The Hall–Kier alpha value is -0.520. The van der Waals surface area contributed by atoms with Crippen molar-refractivity contribution in [1.82, 2.24) is 20.5 Å². The predicted octanol–water partition coefficient (Wildman–Crippen LogP) is 2.93. The number of ether oxygens (including phenoxy) is 1. The zero-order chi connectivity index (χ0) is 25.7. The molecule has 0 bridgehead atoms. The molecule has 0 radical (unpaired) electrons. The molecule has 1 heterocycles. The van der Waals surface area contributed by atoms with Crippen LogP contribution < -0.4 is 15.6 Å². The maximum atomic E-state index is 14.9. The van der Waals surface area contributed by atoms with Crippen molar-refractivity contribution in [2.24, 2.45) is 23.7 Å².